The molecule has 0 amide bonds. The summed E-state index contributed by atoms with van der Waals surface area (Å²) in [5.41, 5.74) is 0. The lowest BCUT2D eigenvalue weighted by Crippen LogP contribution is -2.27. The van der Waals surface area contributed by atoms with E-state index in [4.69, 9.17) is 0 Å². The third kappa shape index (κ3) is 0.267. The van der Waals surface area contributed by atoms with Gasteiger partial charge < -0.3 is 0 Å². The first-order chi connectivity index (χ1) is 5.97. The van der Waals surface area contributed by atoms with Gasteiger partial charge in [0.25, 0.3) is 0 Å². The van der Waals surface area contributed by atoms with Gasteiger partial charge in [0.15, 0.2) is 0 Å². The lowest BCUT2D eigenvalue weighted by atomic mass is 9.82. The van der Waals surface area contributed by atoms with Crippen LogP contribution in [-0.2, 0) is 0 Å². The maximum Gasteiger partial charge on any atom is 0.0798 e. The topological polar surface area (TPSA) is 24.7 Å². The zero-order valence-electron chi connectivity index (χ0n) is 6.67. The van der Waals surface area contributed by atoms with E-state index in [2.05, 4.69) is 22.4 Å². The maximum atomic E-state index is 4.42. The number of nitrogens with zero attached hydrogens (tertiary/aromatic N) is 2. The molecule has 2 heteroatoms. The number of rotatable bonds is 0. The van der Waals surface area contributed by atoms with Crippen LogP contribution in [0.5, 0.6) is 0 Å². The van der Waals surface area contributed by atoms with Crippen LogP contribution < -0.4 is 0 Å². The van der Waals surface area contributed by atoms with Gasteiger partial charge in [-0.05, 0) is 29.6 Å². The van der Waals surface area contributed by atoms with E-state index in [9.17, 15) is 0 Å². The van der Waals surface area contributed by atoms with E-state index in [1.54, 1.807) is 0 Å². The molecule has 6 unspecified atom stereocenters. The fraction of sp³-hybridized carbons (Fsp3) is 0.800. The largest absolute Gasteiger partial charge is 0.190 e. The molecule has 0 radical (unpaired) electrons. The molecule has 4 saturated carbocycles. The summed E-state index contributed by atoms with van der Waals surface area (Å²) >= 11 is 0. The van der Waals surface area contributed by atoms with Crippen LogP contribution in [0.15, 0.2) is 22.4 Å². The van der Waals surface area contributed by atoms with Crippen LogP contribution >= 0.6 is 0 Å². The van der Waals surface area contributed by atoms with Crippen LogP contribution in [0.25, 0.3) is 0 Å². The standard InChI is InChI=1S/C10H10N2/c1-2-4-5-3(1)6-7(4)10-8(5)9(6)11-12-10/h1-10H. The molecule has 60 valence electrons. The predicted molar refractivity (Wildman–Crippen MR) is 42.5 cm³/mol. The van der Waals surface area contributed by atoms with Crippen molar-refractivity contribution in [3.63, 3.8) is 0 Å². The van der Waals surface area contributed by atoms with Gasteiger partial charge in [0, 0.05) is 5.92 Å². The highest BCUT2D eigenvalue weighted by molar-refractivity contribution is 5.35. The molecule has 1 aliphatic heterocycles. The van der Waals surface area contributed by atoms with Gasteiger partial charge in [0.05, 0.1) is 12.1 Å². The molecular formula is C10H10N2. The Balaban J connectivity index is 1.89. The molecule has 5 aliphatic carbocycles. The summed E-state index contributed by atoms with van der Waals surface area (Å²) in [6.07, 6.45) is 4.95. The van der Waals surface area contributed by atoms with Crippen LogP contribution in [0.4, 0.5) is 0 Å². The molecule has 0 spiro atoms. The van der Waals surface area contributed by atoms with E-state index >= 15 is 0 Å². The molecule has 0 aromatic rings. The minimum atomic E-state index is 0.663. The summed E-state index contributed by atoms with van der Waals surface area (Å²) in [4.78, 5) is 0. The zero-order valence-corrected chi connectivity index (χ0v) is 6.67. The van der Waals surface area contributed by atoms with Crippen molar-refractivity contribution < 1.29 is 0 Å². The summed E-state index contributed by atoms with van der Waals surface area (Å²) in [5, 5.41) is 8.84. The Bertz CT molecular complexity index is 284. The minimum absolute atomic E-state index is 0.663. The molecule has 6 aliphatic rings. The normalized spacial score (nSPS) is 77.3. The highest BCUT2D eigenvalue weighted by atomic mass is 15.3. The van der Waals surface area contributed by atoms with Gasteiger partial charge in [0.1, 0.15) is 0 Å². The summed E-state index contributed by atoms with van der Waals surface area (Å²) < 4.78 is 0. The van der Waals surface area contributed by atoms with Gasteiger partial charge in [-0.2, -0.15) is 10.2 Å². The molecule has 1 heterocycles. The fourth-order valence-corrected chi connectivity index (χ4v) is 5.11. The Hall–Kier alpha value is -0.660. The van der Waals surface area contributed by atoms with Gasteiger partial charge in [0.2, 0.25) is 0 Å². The van der Waals surface area contributed by atoms with Gasteiger partial charge >= 0.3 is 0 Å². The summed E-state index contributed by atoms with van der Waals surface area (Å²) in [5.74, 6) is 5.56. The average molecular weight is 158 g/mol. The van der Waals surface area contributed by atoms with Crippen LogP contribution in [-0.4, -0.2) is 12.1 Å². The highest BCUT2D eigenvalue weighted by Gasteiger charge is 2.77. The quantitative estimate of drug-likeness (QED) is 0.477. The smallest absolute Gasteiger partial charge is 0.0798 e. The number of hydrogen-bond donors (Lipinski definition) is 0. The van der Waals surface area contributed by atoms with E-state index in [0.717, 1.165) is 35.5 Å². The average Bonchev–Trinajstić information content (AvgIpc) is 2.84. The third-order valence-electron chi connectivity index (χ3n) is 5.13. The Morgan fingerprint density at radius 2 is 1.25 bits per heavy atom. The second-order valence-corrected chi connectivity index (χ2v) is 5.06. The molecule has 8 bridgehead atoms. The summed E-state index contributed by atoms with van der Waals surface area (Å²) in [6.45, 7) is 0. The molecule has 2 nitrogen and oxygen atoms in total. The number of azo groups is 1. The molecule has 0 aromatic carbocycles. The van der Waals surface area contributed by atoms with E-state index in [0.29, 0.717) is 12.1 Å². The van der Waals surface area contributed by atoms with Gasteiger partial charge in [-0.1, -0.05) is 12.2 Å². The first-order valence-electron chi connectivity index (χ1n) is 5.05. The third-order valence-corrected chi connectivity index (χ3v) is 5.13. The Morgan fingerprint density at radius 1 is 0.667 bits per heavy atom. The molecule has 12 heavy (non-hydrogen) atoms. The van der Waals surface area contributed by atoms with Crippen molar-refractivity contribution in [1.29, 1.82) is 0 Å². The molecule has 6 rings (SSSR count). The molecular weight excluding hydrogens is 148 g/mol. The lowest BCUT2D eigenvalue weighted by molar-refractivity contribution is 0.289. The van der Waals surface area contributed by atoms with Crippen molar-refractivity contribution in [2.75, 3.05) is 0 Å². The van der Waals surface area contributed by atoms with Crippen molar-refractivity contribution in [3.8, 4) is 0 Å². The summed E-state index contributed by atoms with van der Waals surface area (Å²) in [7, 11) is 0. The monoisotopic (exact) mass is 158 g/mol. The van der Waals surface area contributed by atoms with Gasteiger partial charge in [-0.3, -0.25) is 0 Å². The van der Waals surface area contributed by atoms with Crippen molar-refractivity contribution in [1.82, 2.24) is 0 Å². The van der Waals surface area contributed by atoms with Crippen LogP contribution in [0.3, 0.4) is 0 Å². The van der Waals surface area contributed by atoms with Crippen molar-refractivity contribution >= 4 is 0 Å². The summed E-state index contributed by atoms with van der Waals surface area (Å²) in [6, 6.07) is 1.33. The van der Waals surface area contributed by atoms with E-state index in [1.807, 2.05) is 0 Å². The van der Waals surface area contributed by atoms with Crippen molar-refractivity contribution in [2.24, 2.45) is 45.7 Å². The van der Waals surface area contributed by atoms with Crippen molar-refractivity contribution in [2.45, 2.75) is 12.1 Å². The predicted octanol–water partition coefficient (Wildman–Crippen LogP) is 1.50. The maximum absolute atomic E-state index is 4.42. The first kappa shape index (κ1) is 5.15. The van der Waals surface area contributed by atoms with Gasteiger partial charge in [-0.15, -0.1) is 0 Å². The van der Waals surface area contributed by atoms with Gasteiger partial charge in [-0.25, -0.2) is 0 Å². The van der Waals surface area contributed by atoms with E-state index in [-0.39, 0.29) is 0 Å². The molecule has 0 N–H and O–H groups in total. The second kappa shape index (κ2) is 1.21. The molecule has 4 fully saturated rings. The second-order valence-electron chi connectivity index (χ2n) is 5.06. The van der Waals surface area contributed by atoms with E-state index < -0.39 is 0 Å². The first-order valence-corrected chi connectivity index (χ1v) is 5.05. The highest BCUT2D eigenvalue weighted by Crippen LogP contribution is 2.75. The lowest BCUT2D eigenvalue weighted by Gasteiger charge is -2.26. The Labute approximate surface area is 70.8 Å². The number of hydrogen-bond acceptors (Lipinski definition) is 2. The van der Waals surface area contributed by atoms with Crippen molar-refractivity contribution in [3.05, 3.63) is 12.2 Å². The Kier molecular flexibility index (Phi) is 0.518. The molecule has 6 atom stereocenters. The molecule has 0 aromatic heterocycles. The van der Waals surface area contributed by atoms with Crippen LogP contribution in [0.1, 0.15) is 0 Å². The fourth-order valence-electron chi connectivity index (χ4n) is 5.11. The van der Waals surface area contributed by atoms with E-state index in [1.165, 1.54) is 0 Å². The van der Waals surface area contributed by atoms with Crippen LogP contribution in [0.2, 0.25) is 0 Å². The minimum Gasteiger partial charge on any atom is -0.190 e. The SMILES string of the molecule is C1=CC2C3C1C1C4N=NC(C21)C43. The molecule has 0 saturated heterocycles. The zero-order chi connectivity index (χ0) is 7.45. The van der Waals surface area contributed by atoms with Crippen LogP contribution in [0, 0.1) is 35.5 Å². The Morgan fingerprint density at radius 3 is 1.83 bits per heavy atom. The number of allylic oxidation sites excluding steroid dienone is 2.